The van der Waals surface area contributed by atoms with Gasteiger partial charge in [-0.05, 0) is 70.4 Å². The van der Waals surface area contributed by atoms with Crippen molar-refractivity contribution in [2.24, 2.45) is 21.6 Å². The molecule has 2 heterocycles. The van der Waals surface area contributed by atoms with Crippen LogP contribution in [0, 0.1) is 18.7 Å². The molecule has 0 radical (unpaired) electrons. The Bertz CT molecular complexity index is 1110. The van der Waals surface area contributed by atoms with Crippen LogP contribution < -0.4 is 16.4 Å². The number of ether oxygens (including phenoxy) is 1. The van der Waals surface area contributed by atoms with Crippen LogP contribution in [0.4, 0.5) is 21.8 Å². The highest BCUT2D eigenvalue weighted by Gasteiger charge is 2.30. The number of nitrogens with two attached hydrogens (primary N) is 1. The average molecular weight is 504 g/mol. The number of nitrogens with zero attached hydrogens (tertiary/aromatic N) is 4. The monoisotopic (exact) mass is 503 g/mol. The van der Waals surface area contributed by atoms with Crippen LogP contribution in [-0.4, -0.2) is 47.4 Å². The maximum atomic E-state index is 13.6. The minimum atomic E-state index is -0.418. The quantitative estimate of drug-likeness (QED) is 0.393. The maximum absolute atomic E-state index is 13.6. The summed E-state index contributed by atoms with van der Waals surface area (Å²) in [6.07, 6.45) is 4.53. The van der Waals surface area contributed by atoms with E-state index in [4.69, 9.17) is 32.0 Å². The van der Waals surface area contributed by atoms with Crippen molar-refractivity contribution < 1.29 is 13.9 Å². The number of anilines is 3. The predicted molar refractivity (Wildman–Crippen MR) is 136 cm³/mol. The second kappa shape index (κ2) is 11.2. The van der Waals surface area contributed by atoms with Crippen LogP contribution in [0.2, 0.25) is 5.02 Å². The Hall–Kier alpha value is -2.98. The van der Waals surface area contributed by atoms with Crippen molar-refractivity contribution in [1.82, 2.24) is 9.55 Å². The minimum Gasteiger partial charge on any atom is -0.381 e. The number of carbonyl (C=O) groups excluding carboxylic acids is 1. The Balaban J connectivity index is 1.67. The van der Waals surface area contributed by atoms with Gasteiger partial charge in [0.15, 0.2) is 0 Å². The molecule has 35 heavy (non-hydrogen) atoms. The van der Waals surface area contributed by atoms with Gasteiger partial charge >= 0.3 is 0 Å². The third-order valence-electron chi connectivity index (χ3n) is 6.60. The molecule has 188 valence electrons. The lowest BCUT2D eigenvalue weighted by molar-refractivity contribution is -0.122. The van der Waals surface area contributed by atoms with Crippen molar-refractivity contribution >= 4 is 47.6 Å². The molecule has 1 aromatic carbocycles. The molecule has 2 aromatic rings. The van der Waals surface area contributed by atoms with Gasteiger partial charge in [0, 0.05) is 25.2 Å². The van der Waals surface area contributed by atoms with E-state index in [1.807, 2.05) is 6.92 Å². The highest BCUT2D eigenvalue weighted by Crippen LogP contribution is 2.39. The van der Waals surface area contributed by atoms with Gasteiger partial charge in [-0.25, -0.2) is 19.4 Å². The van der Waals surface area contributed by atoms with Crippen LogP contribution in [-0.2, 0) is 9.53 Å². The number of nitrogens with one attached hydrogen (secondary N) is 2. The fourth-order valence-corrected chi connectivity index (χ4v) is 4.89. The van der Waals surface area contributed by atoms with Gasteiger partial charge in [0.05, 0.1) is 22.4 Å². The summed E-state index contributed by atoms with van der Waals surface area (Å²) in [6.45, 7) is 6.93. The summed E-state index contributed by atoms with van der Waals surface area (Å²) in [6, 6.07) is 4.32. The van der Waals surface area contributed by atoms with Crippen LogP contribution in [0.1, 0.15) is 50.3 Å². The third kappa shape index (κ3) is 5.99. The molecule has 1 amide bonds. The topological polar surface area (TPSA) is 119 Å². The van der Waals surface area contributed by atoms with E-state index >= 15 is 0 Å². The molecule has 9 nitrogen and oxygen atoms in total. The second-order valence-corrected chi connectivity index (χ2v) is 9.38. The molecule has 11 heteroatoms. The lowest BCUT2D eigenvalue weighted by atomic mass is 9.85. The minimum absolute atomic E-state index is 0.0465. The fraction of sp³-hybridized carbons (Fsp3) is 0.500. The molecule has 1 saturated carbocycles. The number of rotatable bonds is 6. The zero-order valence-corrected chi connectivity index (χ0v) is 20.5. The number of aliphatic imine (C=N–C) groups is 2. The number of benzene rings is 1. The lowest BCUT2D eigenvalue weighted by Crippen LogP contribution is -2.29. The maximum Gasteiger partial charge on any atom is 0.223 e. The van der Waals surface area contributed by atoms with Crippen molar-refractivity contribution in [2.45, 2.75) is 57.5 Å². The summed E-state index contributed by atoms with van der Waals surface area (Å²) in [5, 5.41) is 6.83. The number of hydrogen-bond donors (Lipinski definition) is 3. The number of halogens is 2. The van der Waals surface area contributed by atoms with Crippen molar-refractivity contribution in [3.63, 3.8) is 0 Å². The molecule has 4 N–H and O–H groups in total. The van der Waals surface area contributed by atoms with Gasteiger partial charge in [0.1, 0.15) is 11.6 Å². The van der Waals surface area contributed by atoms with E-state index in [0.29, 0.717) is 43.7 Å². The third-order valence-corrected chi connectivity index (χ3v) is 6.92. The molecule has 0 bridgehead atoms. The first-order chi connectivity index (χ1) is 16.9. The standard InChI is InChI=1S/C24H31ClFN7O2/c1-14-22(32-23(28-2)30-17-9-11-35-12-10-17)33(18-6-3-15(4-7-18)21(27)34)24(29-14)31-20-8-5-16(26)13-19(20)25/h5,8,13,15,17-18H,2-4,6-7,9-12H2,1H3,(H2,27,34)(H,29,31)(H,30,32). The number of primary amides is 1. The summed E-state index contributed by atoms with van der Waals surface area (Å²) in [5.74, 6) is 0.885. The van der Waals surface area contributed by atoms with Crippen LogP contribution in [0.3, 0.4) is 0 Å². The zero-order chi connectivity index (χ0) is 24.9. The number of carbonyl (C=O) groups is 1. The summed E-state index contributed by atoms with van der Waals surface area (Å²) >= 11 is 6.27. The van der Waals surface area contributed by atoms with Crippen molar-refractivity contribution in [2.75, 3.05) is 23.8 Å². The molecule has 2 fully saturated rings. The lowest BCUT2D eigenvalue weighted by Gasteiger charge is -2.30. The average Bonchev–Trinajstić information content (AvgIpc) is 3.15. The molecule has 1 aliphatic heterocycles. The van der Waals surface area contributed by atoms with Gasteiger partial charge in [-0.2, -0.15) is 0 Å². The SMILES string of the molecule is C=NC(=NC1CCOCC1)Nc1c(C)nc(Nc2ccc(F)cc2Cl)n1C1CCC(C(N)=O)CC1. The van der Waals surface area contributed by atoms with E-state index in [9.17, 15) is 9.18 Å². The summed E-state index contributed by atoms with van der Waals surface area (Å²) in [5.41, 5.74) is 6.81. The highest BCUT2D eigenvalue weighted by atomic mass is 35.5. The molecule has 1 saturated heterocycles. The Kier molecular flexibility index (Phi) is 8.02. The first-order valence-electron chi connectivity index (χ1n) is 11.8. The molecule has 4 rings (SSSR count). The van der Waals surface area contributed by atoms with Crippen molar-refractivity contribution in [3.8, 4) is 0 Å². The highest BCUT2D eigenvalue weighted by molar-refractivity contribution is 6.33. The Morgan fingerprint density at radius 3 is 2.60 bits per heavy atom. The van der Waals surface area contributed by atoms with Gasteiger partial charge in [0.25, 0.3) is 0 Å². The molecule has 2 aliphatic rings. The molecular formula is C24H31ClFN7O2. The number of guanidine groups is 1. The molecular weight excluding hydrogens is 473 g/mol. The molecule has 1 aliphatic carbocycles. The van der Waals surface area contributed by atoms with E-state index < -0.39 is 5.82 Å². The second-order valence-electron chi connectivity index (χ2n) is 8.98. The van der Waals surface area contributed by atoms with Gasteiger partial charge < -0.3 is 21.1 Å². The largest absolute Gasteiger partial charge is 0.381 e. The number of aryl methyl sites for hydroxylation is 1. The normalized spacial score (nSPS) is 21.5. The van der Waals surface area contributed by atoms with Crippen LogP contribution in [0.15, 0.2) is 28.2 Å². The first-order valence-corrected chi connectivity index (χ1v) is 12.2. The summed E-state index contributed by atoms with van der Waals surface area (Å²) in [4.78, 5) is 25.3. The number of aromatic nitrogens is 2. The van der Waals surface area contributed by atoms with Gasteiger partial charge in [0.2, 0.25) is 17.8 Å². The Morgan fingerprint density at radius 2 is 1.97 bits per heavy atom. The van der Waals surface area contributed by atoms with E-state index in [2.05, 4.69) is 26.9 Å². The molecule has 0 spiro atoms. The first kappa shape index (κ1) is 25.1. The predicted octanol–water partition coefficient (Wildman–Crippen LogP) is 4.59. The van der Waals surface area contributed by atoms with Crippen LogP contribution >= 0.6 is 11.6 Å². The van der Waals surface area contributed by atoms with Crippen molar-refractivity contribution in [1.29, 1.82) is 0 Å². The number of imidazole rings is 1. The van der Waals surface area contributed by atoms with E-state index in [1.165, 1.54) is 12.1 Å². The van der Waals surface area contributed by atoms with Crippen LogP contribution in [0.5, 0.6) is 0 Å². The van der Waals surface area contributed by atoms with Crippen LogP contribution in [0.25, 0.3) is 0 Å². The van der Waals surface area contributed by atoms with E-state index in [0.717, 1.165) is 37.2 Å². The zero-order valence-electron chi connectivity index (χ0n) is 19.8. The fourth-order valence-electron chi connectivity index (χ4n) is 4.68. The summed E-state index contributed by atoms with van der Waals surface area (Å²) in [7, 11) is 0. The van der Waals surface area contributed by atoms with Crippen molar-refractivity contribution in [3.05, 3.63) is 34.7 Å². The number of hydrogen-bond acceptors (Lipinski definition) is 5. The molecule has 0 unspecified atom stereocenters. The molecule has 0 atom stereocenters. The molecule has 1 aromatic heterocycles. The Morgan fingerprint density at radius 1 is 1.26 bits per heavy atom. The smallest absolute Gasteiger partial charge is 0.223 e. The van der Waals surface area contributed by atoms with Gasteiger partial charge in [-0.1, -0.05) is 11.6 Å². The van der Waals surface area contributed by atoms with Gasteiger partial charge in [-0.3, -0.25) is 9.36 Å². The summed E-state index contributed by atoms with van der Waals surface area (Å²) < 4.78 is 21.1. The Labute approximate surface area is 209 Å². The van der Waals surface area contributed by atoms with E-state index in [1.54, 1.807) is 6.07 Å². The number of amides is 1. The van der Waals surface area contributed by atoms with E-state index in [-0.39, 0.29) is 28.9 Å². The van der Waals surface area contributed by atoms with Gasteiger partial charge in [-0.15, -0.1) is 0 Å².